The number of nitrogens with zero attached hydrogens (tertiary/aromatic N) is 6. The van der Waals surface area contributed by atoms with Gasteiger partial charge in [0.15, 0.2) is 5.76 Å². The first-order chi connectivity index (χ1) is 32.3. The number of benzene rings is 3. The Labute approximate surface area is 399 Å². The lowest BCUT2D eigenvalue weighted by Gasteiger charge is -2.29. The molecule has 17 heteroatoms. The van der Waals surface area contributed by atoms with Gasteiger partial charge in [0.2, 0.25) is 11.8 Å². The summed E-state index contributed by atoms with van der Waals surface area (Å²) in [6, 6.07) is 24.8. The van der Waals surface area contributed by atoms with Crippen molar-refractivity contribution in [2.45, 2.75) is 97.0 Å². The molecule has 1 aliphatic heterocycles. The van der Waals surface area contributed by atoms with E-state index in [9.17, 15) is 19.5 Å². The topological polar surface area (TPSA) is 201 Å². The summed E-state index contributed by atoms with van der Waals surface area (Å²) in [5, 5.41) is 38.3. The molecule has 0 aliphatic carbocycles. The quantitative estimate of drug-likeness (QED) is 0.0535. The van der Waals surface area contributed by atoms with Gasteiger partial charge >= 0.3 is 0 Å². The van der Waals surface area contributed by atoms with Gasteiger partial charge in [-0.15, -0.1) is 11.3 Å². The summed E-state index contributed by atoms with van der Waals surface area (Å²) in [5.41, 5.74) is 8.18. The lowest BCUT2D eigenvalue weighted by molar-refractivity contribution is -0.141. The molecule has 4 heterocycles. The van der Waals surface area contributed by atoms with Crippen LogP contribution in [0.1, 0.15) is 98.3 Å². The summed E-state index contributed by atoms with van der Waals surface area (Å²) in [5.74, 6) is -1.09. The fourth-order valence-corrected chi connectivity index (χ4v) is 9.20. The number of hydrogen-bond acceptors (Lipinski definition) is 12. The number of rotatable bonds is 20. The molecule has 3 aromatic carbocycles. The zero-order valence-electron chi connectivity index (χ0n) is 38.2. The van der Waals surface area contributed by atoms with Gasteiger partial charge in [0.1, 0.15) is 18.0 Å². The maximum Gasteiger partial charge on any atom is 0.254 e. The van der Waals surface area contributed by atoms with Crippen LogP contribution in [-0.2, 0) is 16.1 Å². The third-order valence-corrected chi connectivity index (χ3v) is 13.1. The predicted molar refractivity (Wildman–Crippen MR) is 258 cm³/mol. The first kappa shape index (κ1) is 48.4. The normalized spacial score (nSPS) is 16.0. The molecule has 67 heavy (non-hydrogen) atoms. The lowest BCUT2D eigenvalue weighted by atomic mass is 9.91. The highest BCUT2D eigenvalue weighted by Crippen LogP contribution is 2.33. The number of unbranched alkanes of at least 4 members (excludes halogenated alkanes) is 2. The van der Waals surface area contributed by atoms with Crippen LogP contribution in [0.2, 0.25) is 5.02 Å². The van der Waals surface area contributed by atoms with Gasteiger partial charge in [0.05, 0.1) is 57.7 Å². The molecular formula is C50H56ClN9O6S. The number of β-amino-alcohol motifs (C(OH)–C–C–N with tert-alkyl or cyclic N) is 1. The summed E-state index contributed by atoms with van der Waals surface area (Å²) in [4.78, 5) is 47.7. The van der Waals surface area contributed by atoms with E-state index in [0.717, 1.165) is 64.4 Å². The number of halogens is 1. The molecule has 15 nitrogen and oxygen atoms in total. The Balaban J connectivity index is 0.810. The van der Waals surface area contributed by atoms with Crippen molar-refractivity contribution >= 4 is 46.3 Å². The van der Waals surface area contributed by atoms with E-state index in [4.69, 9.17) is 26.1 Å². The Kier molecular flexibility index (Phi) is 16.1. The molecule has 1 unspecified atom stereocenters. The fourth-order valence-electron chi connectivity index (χ4n) is 8.17. The number of thiazole rings is 1. The molecule has 7 rings (SSSR count). The number of likely N-dealkylation sites (tertiary alicyclic amines) is 1. The van der Waals surface area contributed by atoms with E-state index >= 15 is 0 Å². The maximum absolute atomic E-state index is 14.1. The minimum absolute atomic E-state index is 0.0440. The van der Waals surface area contributed by atoms with Crippen molar-refractivity contribution in [1.29, 1.82) is 5.26 Å². The number of ether oxygens (including phenoxy) is 1. The highest BCUT2D eigenvalue weighted by Gasteiger charge is 2.43. The Hall–Kier alpha value is -6.54. The zero-order valence-corrected chi connectivity index (χ0v) is 39.8. The molecule has 1 saturated heterocycles. The minimum atomic E-state index is -0.835. The molecule has 3 aromatic heterocycles. The largest absolute Gasteiger partial charge is 0.476 e. The number of anilines is 1. The first-order valence-electron chi connectivity index (χ1n) is 22.5. The van der Waals surface area contributed by atoms with E-state index in [1.807, 2.05) is 94.9 Å². The number of hydrogen-bond donors (Lipinski definition) is 4. The van der Waals surface area contributed by atoms with Crippen LogP contribution in [-0.4, -0.2) is 85.5 Å². The molecule has 5 atom stereocenters. The third-order valence-electron chi connectivity index (χ3n) is 11.8. The van der Waals surface area contributed by atoms with Crippen LogP contribution in [0.4, 0.5) is 5.69 Å². The Morgan fingerprint density at radius 2 is 1.75 bits per heavy atom. The van der Waals surface area contributed by atoms with Crippen LogP contribution in [0.15, 0.2) is 95.1 Å². The number of aryl methyl sites for hydroxylation is 1. The molecule has 350 valence electrons. The van der Waals surface area contributed by atoms with Crippen LogP contribution in [0, 0.1) is 24.2 Å². The average molecular weight is 947 g/mol. The smallest absolute Gasteiger partial charge is 0.254 e. The van der Waals surface area contributed by atoms with Crippen molar-refractivity contribution in [2.24, 2.45) is 5.92 Å². The van der Waals surface area contributed by atoms with Gasteiger partial charge in [-0.3, -0.25) is 19.1 Å². The van der Waals surface area contributed by atoms with Gasteiger partial charge in [0.25, 0.3) is 11.8 Å². The molecule has 3 amide bonds. The molecule has 0 saturated carbocycles. The summed E-state index contributed by atoms with van der Waals surface area (Å²) in [6.45, 7) is 11.3. The van der Waals surface area contributed by atoms with Crippen molar-refractivity contribution in [2.75, 3.05) is 25.0 Å². The Morgan fingerprint density at radius 1 is 0.985 bits per heavy atom. The maximum atomic E-state index is 14.1. The second-order valence-corrected chi connectivity index (χ2v) is 18.6. The fraction of sp³-hybridized carbons (Fsp3) is 0.380. The highest BCUT2D eigenvalue weighted by atomic mass is 35.5. The molecule has 1 aliphatic rings. The van der Waals surface area contributed by atoms with Crippen molar-refractivity contribution in [1.82, 2.24) is 35.5 Å². The number of aliphatic hydroxyl groups excluding tert-OH is 1. The zero-order chi connectivity index (χ0) is 47.6. The number of carbonyl (C=O) groups excluding carboxylic acids is 3. The van der Waals surface area contributed by atoms with Crippen molar-refractivity contribution in [3.8, 4) is 33.6 Å². The Bertz CT molecular complexity index is 2670. The third kappa shape index (κ3) is 12.3. The molecule has 0 spiro atoms. The van der Waals surface area contributed by atoms with Crippen LogP contribution < -0.4 is 20.7 Å². The molecule has 4 N–H and O–H groups in total. The number of aliphatic hydroxyl groups is 1. The Morgan fingerprint density at radius 3 is 2.45 bits per heavy atom. The van der Waals surface area contributed by atoms with Crippen molar-refractivity contribution < 1.29 is 28.8 Å². The van der Waals surface area contributed by atoms with E-state index in [0.29, 0.717) is 35.1 Å². The number of nitrogens with one attached hydrogen (secondary N) is 3. The number of carbonyl (C=O) groups is 3. The SMILES string of the molecule is Cc1ncsc1-c1ccc([C@H](C)NC(=O)C2C[C@@H](O)CN2C(=O)[C@@H](c2cc(OCCCCCNc3ccc(C(=O)N[C@@H](C)Cn4ccc(-c5ccc(C#N)c(Cl)c5)n4)cc3)no2)C(C)C)cc1. The minimum Gasteiger partial charge on any atom is -0.476 e. The van der Waals surface area contributed by atoms with Crippen molar-refractivity contribution in [3.05, 3.63) is 124 Å². The van der Waals surface area contributed by atoms with Gasteiger partial charge < -0.3 is 35.2 Å². The first-order valence-corrected chi connectivity index (χ1v) is 23.8. The van der Waals surface area contributed by atoms with E-state index < -0.39 is 18.1 Å². The van der Waals surface area contributed by atoms with E-state index in [1.165, 1.54) is 4.90 Å². The van der Waals surface area contributed by atoms with Crippen LogP contribution >= 0.6 is 22.9 Å². The average Bonchev–Trinajstić information content (AvgIpc) is 4.15. The van der Waals surface area contributed by atoms with Gasteiger partial charge in [-0.2, -0.15) is 10.4 Å². The predicted octanol–water partition coefficient (Wildman–Crippen LogP) is 8.55. The summed E-state index contributed by atoms with van der Waals surface area (Å²) < 4.78 is 13.3. The van der Waals surface area contributed by atoms with Gasteiger partial charge in [-0.25, -0.2) is 4.98 Å². The van der Waals surface area contributed by atoms with Crippen molar-refractivity contribution in [3.63, 3.8) is 0 Å². The van der Waals surface area contributed by atoms with E-state index in [2.05, 4.69) is 37.3 Å². The van der Waals surface area contributed by atoms with Crippen LogP contribution in [0.3, 0.4) is 0 Å². The molecule has 1 fully saturated rings. The molecule has 6 aromatic rings. The molecular weight excluding hydrogens is 890 g/mol. The summed E-state index contributed by atoms with van der Waals surface area (Å²) in [7, 11) is 0. The van der Waals surface area contributed by atoms with Gasteiger partial charge in [-0.1, -0.05) is 55.8 Å². The highest BCUT2D eigenvalue weighted by molar-refractivity contribution is 7.13. The molecule has 0 radical (unpaired) electrons. The number of aromatic nitrogens is 4. The van der Waals surface area contributed by atoms with Gasteiger partial charge in [0, 0.05) is 54.6 Å². The lowest BCUT2D eigenvalue weighted by Crippen LogP contribution is -2.48. The molecule has 0 bridgehead atoms. The van der Waals surface area contributed by atoms with Crippen LogP contribution in [0.5, 0.6) is 5.88 Å². The number of nitriles is 1. The second kappa shape index (κ2) is 22.3. The van der Waals surface area contributed by atoms with Gasteiger partial charge in [-0.05, 0) is 105 Å². The second-order valence-electron chi connectivity index (χ2n) is 17.3. The number of amides is 3. The monoisotopic (exact) mass is 945 g/mol. The standard InChI is InChI=1S/C50H56ClN9O6S/c1-30(2)46(50(64)60-28-40(61)24-43(60)49(63)56-32(4)34-9-11-35(12-10-34)47-33(5)54-29-67-47)44-25-45(58-66-44)65-22-8-6-7-20-53-39-17-15-36(16-18-39)48(62)55-31(3)27-59-21-19-42(57-59)37-13-14-38(26-52)41(51)23-37/h9-19,21,23,25,29-32,40,43,46,53,61H,6-8,20,22,24,27-28H2,1-5H3,(H,55,62)(H,56,63)/t31-,32-,40+,43?,46+/m0/s1. The summed E-state index contributed by atoms with van der Waals surface area (Å²) >= 11 is 7.78. The van der Waals surface area contributed by atoms with Crippen LogP contribution in [0.25, 0.3) is 21.7 Å². The van der Waals surface area contributed by atoms with E-state index in [1.54, 1.807) is 46.4 Å². The summed E-state index contributed by atoms with van der Waals surface area (Å²) in [6.07, 6.45) is 3.70. The van der Waals surface area contributed by atoms with E-state index in [-0.39, 0.29) is 54.6 Å².